The smallest absolute Gasteiger partial charge is 0.239 e. The van der Waals surface area contributed by atoms with Gasteiger partial charge in [-0.25, -0.2) is 4.31 Å². The van der Waals surface area contributed by atoms with Gasteiger partial charge in [0.2, 0.25) is 0 Å². The molecule has 0 bridgehead atoms. The Morgan fingerprint density at radius 1 is 1.54 bits per heavy atom. The Morgan fingerprint density at radius 3 is 2.46 bits per heavy atom. The molecule has 6 heteroatoms. The van der Waals surface area contributed by atoms with Gasteiger partial charge in [0, 0.05) is 6.04 Å². The number of hydrogen-bond donors (Lipinski definition) is 0. The zero-order valence-electron chi connectivity index (χ0n) is 7.65. The van der Waals surface area contributed by atoms with Crippen molar-refractivity contribution in [3.05, 3.63) is 11.2 Å². The summed E-state index contributed by atoms with van der Waals surface area (Å²) in [6, 6.07) is -0.217. The minimum atomic E-state index is -3.60. The van der Waals surface area contributed by atoms with E-state index in [0.717, 1.165) is 4.31 Å². The van der Waals surface area contributed by atoms with E-state index >= 15 is 0 Å². The van der Waals surface area contributed by atoms with Gasteiger partial charge in [0.1, 0.15) is 5.16 Å². The monoisotopic (exact) mass is 222 g/mol. The number of allylic oxidation sites excluding steroid dienone is 1. The van der Waals surface area contributed by atoms with Crippen molar-refractivity contribution in [1.29, 1.82) is 0 Å². The zero-order valence-corrected chi connectivity index (χ0v) is 9.22. The molecule has 0 aromatic rings. The third kappa shape index (κ3) is 2.03. The lowest BCUT2D eigenvalue weighted by Crippen LogP contribution is -2.35. The molecule has 0 aromatic heterocycles. The van der Waals surface area contributed by atoms with E-state index < -0.39 is 10.2 Å². The van der Waals surface area contributed by atoms with E-state index in [4.69, 9.17) is 11.6 Å². The molecule has 0 N–H and O–H groups in total. The molecule has 1 aliphatic heterocycles. The van der Waals surface area contributed by atoms with Gasteiger partial charge in [-0.05, 0) is 26.8 Å². The molecule has 13 heavy (non-hydrogen) atoms. The highest BCUT2D eigenvalue weighted by Crippen LogP contribution is 2.23. The number of halogens is 1. The summed E-state index contributed by atoms with van der Waals surface area (Å²) in [5, 5.41) is 0.197. The summed E-state index contributed by atoms with van der Waals surface area (Å²) in [5.41, 5.74) is 0.405. The maximum absolute atomic E-state index is 11.5. The molecule has 0 saturated heterocycles. The van der Waals surface area contributed by atoms with Crippen molar-refractivity contribution in [2.75, 3.05) is 0 Å². The highest BCUT2D eigenvalue weighted by molar-refractivity contribution is 7.88. The molecule has 0 saturated carbocycles. The van der Waals surface area contributed by atoms with Crippen LogP contribution in [0.15, 0.2) is 15.6 Å². The van der Waals surface area contributed by atoms with Crippen LogP contribution in [0, 0.1) is 0 Å². The average Bonchev–Trinajstić information content (AvgIpc) is 1.78. The van der Waals surface area contributed by atoms with Crippen LogP contribution in [0.5, 0.6) is 0 Å². The first-order valence-corrected chi connectivity index (χ1v) is 5.60. The molecule has 4 nitrogen and oxygen atoms in total. The highest BCUT2D eigenvalue weighted by Gasteiger charge is 2.28. The molecule has 0 aromatic carbocycles. The summed E-state index contributed by atoms with van der Waals surface area (Å²) in [6.07, 6.45) is 1.53. The Balaban J connectivity index is 3.21. The predicted octanol–water partition coefficient (Wildman–Crippen LogP) is 1.50. The summed E-state index contributed by atoms with van der Waals surface area (Å²) in [5.74, 6) is 0. The largest absolute Gasteiger partial charge is 0.345 e. The van der Waals surface area contributed by atoms with E-state index in [2.05, 4.69) is 4.40 Å². The van der Waals surface area contributed by atoms with Crippen LogP contribution in [0.25, 0.3) is 0 Å². The van der Waals surface area contributed by atoms with Gasteiger partial charge in [-0.3, -0.25) is 0 Å². The van der Waals surface area contributed by atoms with Crippen molar-refractivity contribution in [2.45, 2.75) is 26.8 Å². The molecule has 0 aliphatic carbocycles. The summed E-state index contributed by atoms with van der Waals surface area (Å²) >= 11 is 5.78. The second-order valence-corrected chi connectivity index (χ2v) is 4.93. The van der Waals surface area contributed by atoms with Gasteiger partial charge >= 0.3 is 10.2 Å². The molecule has 0 atom stereocenters. The first-order valence-electron chi connectivity index (χ1n) is 3.82. The fraction of sp³-hybridized carbons (Fsp3) is 0.571. The number of rotatable bonds is 1. The first kappa shape index (κ1) is 10.5. The highest BCUT2D eigenvalue weighted by atomic mass is 35.5. The van der Waals surface area contributed by atoms with Gasteiger partial charge < -0.3 is 0 Å². The van der Waals surface area contributed by atoms with E-state index in [1.807, 2.05) is 0 Å². The first-order chi connectivity index (χ1) is 5.84. The molecule has 0 radical (unpaired) electrons. The average molecular weight is 223 g/mol. The van der Waals surface area contributed by atoms with Crippen LogP contribution in [-0.4, -0.2) is 24.5 Å². The summed E-state index contributed by atoms with van der Waals surface area (Å²) in [4.78, 5) is 0. The van der Waals surface area contributed by atoms with Gasteiger partial charge in [-0.2, -0.15) is 8.42 Å². The Labute approximate surface area is 83.1 Å². The maximum atomic E-state index is 11.5. The molecule has 0 unspecified atom stereocenters. The van der Waals surface area contributed by atoms with E-state index in [1.165, 1.54) is 6.08 Å². The molecular formula is C7H11ClN2O2S. The van der Waals surface area contributed by atoms with Crippen LogP contribution < -0.4 is 0 Å². The fourth-order valence-electron chi connectivity index (χ4n) is 1.11. The van der Waals surface area contributed by atoms with Crippen molar-refractivity contribution < 1.29 is 8.42 Å². The molecule has 0 amide bonds. The molecule has 74 valence electrons. The predicted molar refractivity (Wildman–Crippen MR) is 52.9 cm³/mol. The number of nitrogens with zero attached hydrogens (tertiary/aromatic N) is 2. The third-order valence-electron chi connectivity index (χ3n) is 1.52. The van der Waals surface area contributed by atoms with E-state index in [9.17, 15) is 8.42 Å². The van der Waals surface area contributed by atoms with Gasteiger partial charge in [0.05, 0.1) is 5.71 Å². The van der Waals surface area contributed by atoms with Gasteiger partial charge in [-0.15, -0.1) is 4.40 Å². The molecule has 1 aliphatic rings. The topological polar surface area (TPSA) is 49.7 Å². The van der Waals surface area contributed by atoms with Crippen LogP contribution in [0.3, 0.4) is 0 Å². The second-order valence-electron chi connectivity index (χ2n) is 3.07. The van der Waals surface area contributed by atoms with Crippen LogP contribution in [-0.2, 0) is 10.2 Å². The van der Waals surface area contributed by atoms with Gasteiger partial charge in [-0.1, -0.05) is 11.6 Å². The number of hydrogen-bond acceptors (Lipinski definition) is 2. The van der Waals surface area contributed by atoms with E-state index in [-0.39, 0.29) is 11.2 Å². The molecular weight excluding hydrogens is 212 g/mol. The molecule has 0 spiro atoms. The van der Waals surface area contributed by atoms with Gasteiger partial charge in [0.15, 0.2) is 0 Å². The minimum Gasteiger partial charge on any atom is -0.239 e. The van der Waals surface area contributed by atoms with Crippen molar-refractivity contribution in [2.24, 2.45) is 4.40 Å². The van der Waals surface area contributed by atoms with Crippen LogP contribution >= 0.6 is 11.6 Å². The molecule has 1 rings (SSSR count). The lowest BCUT2D eigenvalue weighted by atomic mass is 10.4. The Kier molecular flexibility index (Phi) is 2.68. The van der Waals surface area contributed by atoms with E-state index in [1.54, 1.807) is 20.8 Å². The quantitative estimate of drug-likeness (QED) is 0.632. The van der Waals surface area contributed by atoms with Crippen molar-refractivity contribution in [3.8, 4) is 0 Å². The van der Waals surface area contributed by atoms with Crippen molar-refractivity contribution in [3.63, 3.8) is 0 Å². The fourth-order valence-corrected chi connectivity index (χ4v) is 3.04. The summed E-state index contributed by atoms with van der Waals surface area (Å²) < 4.78 is 27.5. The van der Waals surface area contributed by atoms with Crippen molar-refractivity contribution >= 4 is 27.5 Å². The summed E-state index contributed by atoms with van der Waals surface area (Å²) in [6.45, 7) is 5.07. The second kappa shape index (κ2) is 3.31. The van der Waals surface area contributed by atoms with Crippen molar-refractivity contribution in [1.82, 2.24) is 4.31 Å². The zero-order chi connectivity index (χ0) is 10.2. The Morgan fingerprint density at radius 2 is 2.08 bits per heavy atom. The lowest BCUT2D eigenvalue weighted by molar-refractivity contribution is 0.433. The maximum Gasteiger partial charge on any atom is 0.345 e. The Hall–Kier alpha value is -0.550. The lowest BCUT2D eigenvalue weighted by Gasteiger charge is -2.27. The minimum absolute atomic E-state index is 0.197. The molecule has 1 heterocycles. The third-order valence-corrected chi connectivity index (χ3v) is 3.54. The van der Waals surface area contributed by atoms with Gasteiger partial charge in [0.25, 0.3) is 0 Å². The van der Waals surface area contributed by atoms with Crippen LogP contribution in [0.4, 0.5) is 0 Å². The standard InChI is InChI=1S/C7H11ClN2O2S/c1-5(2)10-7(8)4-6(3)9-13(10,11)12/h4-5H,1-3H3. The normalized spacial score (nSPS) is 21.5. The SMILES string of the molecule is CC1=NS(=O)(=O)N(C(C)C)C(Cl)=C1. The van der Waals surface area contributed by atoms with E-state index in [0.29, 0.717) is 5.71 Å². The van der Waals surface area contributed by atoms with Crippen LogP contribution in [0.1, 0.15) is 20.8 Å². The molecule has 0 fully saturated rings. The Bertz CT molecular complexity index is 370. The summed E-state index contributed by atoms with van der Waals surface area (Å²) in [7, 11) is -3.60. The van der Waals surface area contributed by atoms with Crippen LogP contribution in [0.2, 0.25) is 0 Å².